The number of aliphatic imine (C=N–C) groups is 2. The molecule has 5 aromatic rings. The number of ether oxygens (including phenoxy) is 1. The number of aromatic nitrogens is 2. The third-order valence-electron chi connectivity index (χ3n) is 7.46. The Labute approximate surface area is 253 Å². The molecule has 0 unspecified atom stereocenters. The van der Waals surface area contributed by atoms with Gasteiger partial charge < -0.3 is 15.0 Å². The predicted molar refractivity (Wildman–Crippen MR) is 171 cm³/mol. The van der Waals surface area contributed by atoms with E-state index in [0.29, 0.717) is 28.9 Å². The van der Waals surface area contributed by atoms with Crippen molar-refractivity contribution in [2.45, 2.75) is 19.9 Å². The van der Waals surface area contributed by atoms with Gasteiger partial charge in [-0.3, -0.25) is 0 Å². The quantitative estimate of drug-likeness (QED) is 0.212. The van der Waals surface area contributed by atoms with E-state index in [1.54, 1.807) is 19.1 Å². The molecule has 3 heterocycles. The van der Waals surface area contributed by atoms with Crippen molar-refractivity contribution in [2.75, 3.05) is 16.8 Å². The van der Waals surface area contributed by atoms with Gasteiger partial charge in [-0.25, -0.2) is 19.5 Å². The molecule has 1 N–H and O–H groups in total. The molecular weight excluding hydrogens is 560 g/mol. The van der Waals surface area contributed by atoms with Crippen LogP contribution in [0.25, 0.3) is 5.69 Å². The predicted octanol–water partition coefficient (Wildman–Crippen LogP) is 7.81. The van der Waals surface area contributed by atoms with Crippen LogP contribution >= 0.6 is 11.6 Å². The minimum absolute atomic E-state index is 0.279. The molecule has 0 saturated carbocycles. The highest BCUT2D eigenvalue weighted by Gasteiger charge is 2.41. The molecule has 7 rings (SSSR count). The minimum Gasteiger partial charge on any atom is -0.462 e. The lowest BCUT2D eigenvalue weighted by molar-refractivity contribution is 0.0526. The largest absolute Gasteiger partial charge is 0.462 e. The fourth-order valence-corrected chi connectivity index (χ4v) is 5.78. The highest BCUT2D eigenvalue weighted by Crippen LogP contribution is 2.48. The smallest absolute Gasteiger partial charge is 0.338 e. The lowest BCUT2D eigenvalue weighted by Gasteiger charge is -2.40. The highest BCUT2D eigenvalue weighted by molar-refractivity contribution is 6.51. The van der Waals surface area contributed by atoms with Crippen LogP contribution in [0.15, 0.2) is 113 Å². The summed E-state index contributed by atoms with van der Waals surface area (Å²) in [4.78, 5) is 24.7. The number of carbonyl (C=O) groups excluding carboxylic acids is 1. The topological polar surface area (TPSA) is 84.1 Å². The van der Waals surface area contributed by atoms with Crippen LogP contribution in [0.5, 0.6) is 0 Å². The number of anilines is 2. The standard InChI is InChI=1S/C34H27ClN6O2/c1-3-43-34(42)22-16-18-25(19-17-22)36-31-33-38-32-29(21(2)39-41(32)26-12-5-4-6-13-26)30(23-10-9-11-24(35)20-23)40(33)28-15-8-7-14-27(28)37-31/h4-20,30H,3H2,1-2H3,(H,36,37)/t30-/m0/s1. The van der Waals surface area contributed by atoms with Crippen molar-refractivity contribution < 1.29 is 9.53 Å². The van der Waals surface area contributed by atoms with Gasteiger partial charge in [0.2, 0.25) is 0 Å². The second kappa shape index (κ2) is 10.9. The van der Waals surface area contributed by atoms with E-state index in [1.807, 2.05) is 90.5 Å². The summed E-state index contributed by atoms with van der Waals surface area (Å²) >= 11 is 6.56. The summed E-state index contributed by atoms with van der Waals surface area (Å²) in [6.07, 6.45) is 0. The number of hydrogen-bond donors (Lipinski definition) is 1. The maximum Gasteiger partial charge on any atom is 0.338 e. The molecule has 1 aromatic heterocycles. The van der Waals surface area contributed by atoms with Gasteiger partial charge >= 0.3 is 5.97 Å². The van der Waals surface area contributed by atoms with Crippen LogP contribution in [-0.4, -0.2) is 34.0 Å². The molecule has 1 atom stereocenters. The summed E-state index contributed by atoms with van der Waals surface area (Å²) in [7, 11) is 0. The first-order chi connectivity index (χ1) is 21.0. The van der Waals surface area contributed by atoms with Gasteiger partial charge in [0, 0.05) is 16.3 Å². The Morgan fingerprint density at radius 3 is 2.47 bits per heavy atom. The lowest BCUT2D eigenvalue weighted by Crippen LogP contribution is -2.46. The summed E-state index contributed by atoms with van der Waals surface area (Å²) in [5.41, 5.74) is 6.74. The molecule has 0 radical (unpaired) electrons. The Hall–Kier alpha value is -5.21. The fraction of sp³-hybridized carbons (Fsp3) is 0.118. The molecule has 0 amide bonds. The van der Waals surface area contributed by atoms with Crippen molar-refractivity contribution >= 4 is 52.1 Å². The number of nitrogens with zero attached hydrogens (tertiary/aromatic N) is 5. The molecule has 43 heavy (non-hydrogen) atoms. The van der Waals surface area contributed by atoms with E-state index in [1.165, 1.54) is 0 Å². The number of amidine groups is 2. The van der Waals surface area contributed by atoms with Crippen LogP contribution in [0.1, 0.15) is 40.1 Å². The monoisotopic (exact) mass is 586 g/mol. The zero-order chi connectivity index (χ0) is 29.5. The van der Waals surface area contributed by atoms with E-state index in [2.05, 4.69) is 22.3 Å². The number of nitrogens with one attached hydrogen (secondary N) is 1. The van der Waals surface area contributed by atoms with Crippen LogP contribution in [0.3, 0.4) is 0 Å². The number of hydrogen-bond acceptors (Lipinski definition) is 7. The normalized spacial score (nSPS) is 15.0. The number of carbonyl (C=O) groups is 1. The summed E-state index contributed by atoms with van der Waals surface area (Å²) in [6, 6.07) is 32.8. The van der Waals surface area contributed by atoms with Gasteiger partial charge in [-0.1, -0.05) is 54.1 Å². The lowest BCUT2D eigenvalue weighted by atomic mass is 9.93. The Bertz CT molecular complexity index is 1910. The Balaban J connectivity index is 1.42. The number of aryl methyl sites for hydroxylation is 1. The van der Waals surface area contributed by atoms with Crippen molar-refractivity contribution in [3.05, 3.63) is 131 Å². The third-order valence-corrected chi connectivity index (χ3v) is 7.70. The van der Waals surface area contributed by atoms with Gasteiger partial charge in [-0.15, -0.1) is 0 Å². The van der Waals surface area contributed by atoms with Crippen LogP contribution < -0.4 is 10.2 Å². The van der Waals surface area contributed by atoms with E-state index in [4.69, 9.17) is 31.4 Å². The van der Waals surface area contributed by atoms with Crippen molar-refractivity contribution in [1.29, 1.82) is 0 Å². The van der Waals surface area contributed by atoms with E-state index in [0.717, 1.165) is 45.4 Å². The molecule has 2 aliphatic rings. The number of para-hydroxylation sites is 3. The van der Waals surface area contributed by atoms with Crippen LogP contribution in [0.2, 0.25) is 5.02 Å². The van der Waals surface area contributed by atoms with Gasteiger partial charge in [0.1, 0.15) is 0 Å². The molecule has 212 valence electrons. The molecule has 0 aliphatic carbocycles. The summed E-state index contributed by atoms with van der Waals surface area (Å²) in [5.74, 6) is 1.58. The molecule has 2 aliphatic heterocycles. The van der Waals surface area contributed by atoms with Crippen LogP contribution in [0, 0.1) is 6.92 Å². The van der Waals surface area contributed by atoms with Crippen molar-refractivity contribution in [3.8, 4) is 5.69 Å². The third kappa shape index (κ3) is 4.75. The van der Waals surface area contributed by atoms with Crippen molar-refractivity contribution in [2.24, 2.45) is 9.98 Å². The maximum absolute atomic E-state index is 12.2. The maximum atomic E-state index is 12.2. The van der Waals surface area contributed by atoms with Gasteiger partial charge in [-0.05, 0) is 80.1 Å². The summed E-state index contributed by atoms with van der Waals surface area (Å²) in [6.45, 7) is 4.13. The molecular formula is C34H27ClN6O2. The first kappa shape index (κ1) is 26.7. The minimum atomic E-state index is -0.359. The molecule has 0 spiro atoms. The SMILES string of the molecule is CCOC(=O)c1ccc(NC2=Nc3ccccc3N3C2=Nc2c(c(C)nn2-c2ccccc2)[C@@H]3c2cccc(Cl)c2)cc1. The molecule has 0 bridgehead atoms. The number of fused-ring (bicyclic) bond motifs is 4. The second-order valence-corrected chi connectivity index (χ2v) is 10.6. The number of esters is 1. The summed E-state index contributed by atoms with van der Waals surface area (Å²) in [5, 5.41) is 9.09. The zero-order valence-electron chi connectivity index (χ0n) is 23.5. The van der Waals surface area contributed by atoms with Gasteiger partial charge in [0.15, 0.2) is 17.5 Å². The average molecular weight is 587 g/mol. The molecule has 4 aromatic carbocycles. The Morgan fingerprint density at radius 2 is 1.70 bits per heavy atom. The van der Waals surface area contributed by atoms with Crippen LogP contribution in [0.4, 0.5) is 22.9 Å². The van der Waals surface area contributed by atoms with Gasteiger partial charge in [0.05, 0.1) is 41.0 Å². The average Bonchev–Trinajstić information content (AvgIpc) is 3.36. The fourth-order valence-electron chi connectivity index (χ4n) is 5.58. The number of rotatable bonds is 5. The van der Waals surface area contributed by atoms with Gasteiger partial charge in [-0.2, -0.15) is 5.10 Å². The summed E-state index contributed by atoms with van der Waals surface area (Å²) < 4.78 is 7.03. The van der Waals surface area contributed by atoms with E-state index in [-0.39, 0.29) is 12.0 Å². The molecule has 0 saturated heterocycles. The molecule has 0 fully saturated rings. The zero-order valence-corrected chi connectivity index (χ0v) is 24.3. The van der Waals surface area contributed by atoms with Crippen molar-refractivity contribution in [1.82, 2.24) is 9.78 Å². The van der Waals surface area contributed by atoms with E-state index < -0.39 is 0 Å². The second-order valence-electron chi connectivity index (χ2n) is 10.2. The van der Waals surface area contributed by atoms with E-state index >= 15 is 0 Å². The number of benzene rings is 4. The Morgan fingerprint density at radius 1 is 0.930 bits per heavy atom. The Kier molecular flexibility index (Phi) is 6.75. The van der Waals surface area contributed by atoms with Crippen LogP contribution in [-0.2, 0) is 4.74 Å². The van der Waals surface area contributed by atoms with Crippen molar-refractivity contribution in [3.63, 3.8) is 0 Å². The highest BCUT2D eigenvalue weighted by atomic mass is 35.5. The van der Waals surface area contributed by atoms with E-state index in [9.17, 15) is 4.79 Å². The first-order valence-electron chi connectivity index (χ1n) is 14.0. The molecule has 8 nitrogen and oxygen atoms in total. The first-order valence-corrected chi connectivity index (χ1v) is 14.4. The van der Waals surface area contributed by atoms with Gasteiger partial charge in [0.25, 0.3) is 0 Å². The number of halogens is 1. The molecule has 9 heteroatoms.